The summed E-state index contributed by atoms with van der Waals surface area (Å²) >= 11 is 0. The lowest BCUT2D eigenvalue weighted by Gasteiger charge is -2.17. The van der Waals surface area contributed by atoms with Crippen molar-refractivity contribution in [2.24, 2.45) is 0 Å². The summed E-state index contributed by atoms with van der Waals surface area (Å²) in [6.07, 6.45) is -4.31. The van der Waals surface area contributed by atoms with Crippen molar-refractivity contribution >= 4 is 5.91 Å². The van der Waals surface area contributed by atoms with E-state index in [2.05, 4.69) is 14.7 Å². The highest BCUT2D eigenvalue weighted by molar-refractivity contribution is 5.94. The molecule has 1 aliphatic heterocycles. The van der Waals surface area contributed by atoms with Crippen LogP contribution in [0.3, 0.4) is 0 Å². The van der Waals surface area contributed by atoms with E-state index < -0.39 is 17.9 Å². The summed E-state index contributed by atoms with van der Waals surface area (Å²) in [6.45, 7) is 0.875. The molecule has 4 rings (SSSR count). The predicted octanol–water partition coefficient (Wildman–Crippen LogP) is 4.19. The number of alkyl halides is 3. The Labute approximate surface area is 168 Å². The fourth-order valence-electron chi connectivity index (χ4n) is 3.11. The minimum absolute atomic E-state index is 0.175. The van der Waals surface area contributed by atoms with E-state index in [1.807, 2.05) is 0 Å². The van der Waals surface area contributed by atoms with Gasteiger partial charge in [0.25, 0.3) is 5.91 Å². The highest BCUT2D eigenvalue weighted by Crippen LogP contribution is 2.30. The van der Waals surface area contributed by atoms with Gasteiger partial charge in [0.1, 0.15) is 17.7 Å². The highest BCUT2D eigenvalue weighted by Gasteiger charge is 2.38. The van der Waals surface area contributed by atoms with Gasteiger partial charge in [-0.2, -0.15) is 18.2 Å². The van der Waals surface area contributed by atoms with Gasteiger partial charge in [-0.3, -0.25) is 4.79 Å². The van der Waals surface area contributed by atoms with Crippen molar-refractivity contribution in [3.8, 4) is 17.1 Å². The van der Waals surface area contributed by atoms with Gasteiger partial charge >= 0.3 is 12.1 Å². The third-order valence-corrected chi connectivity index (χ3v) is 4.61. The normalized spacial score (nSPS) is 16.7. The molecule has 0 bridgehead atoms. The van der Waals surface area contributed by atoms with E-state index in [4.69, 9.17) is 4.74 Å². The quantitative estimate of drug-likeness (QED) is 0.591. The fourth-order valence-corrected chi connectivity index (χ4v) is 3.11. The Morgan fingerprint density at radius 2 is 1.80 bits per heavy atom. The fraction of sp³-hybridized carbons (Fsp3) is 0.250. The number of carbonyl (C=O) groups excluding carboxylic acids is 1. The van der Waals surface area contributed by atoms with Crippen LogP contribution in [0.25, 0.3) is 11.4 Å². The molecule has 156 valence electrons. The second-order valence-electron chi connectivity index (χ2n) is 6.73. The number of rotatable bonds is 4. The Morgan fingerprint density at radius 3 is 2.43 bits per heavy atom. The number of hydrogen-bond donors (Lipinski definition) is 0. The first kappa shape index (κ1) is 19.9. The topological polar surface area (TPSA) is 68.5 Å². The number of ether oxygens (including phenoxy) is 1. The Balaban J connectivity index is 1.37. The minimum atomic E-state index is -4.70. The van der Waals surface area contributed by atoms with Crippen molar-refractivity contribution in [1.82, 2.24) is 15.0 Å². The molecule has 3 aromatic rings. The van der Waals surface area contributed by atoms with Crippen LogP contribution >= 0.6 is 0 Å². The van der Waals surface area contributed by atoms with Crippen LogP contribution in [0, 0.1) is 5.82 Å². The van der Waals surface area contributed by atoms with Gasteiger partial charge < -0.3 is 14.2 Å². The van der Waals surface area contributed by atoms with Crippen LogP contribution in [0.5, 0.6) is 5.75 Å². The summed E-state index contributed by atoms with van der Waals surface area (Å²) in [4.78, 5) is 17.4. The molecular weight excluding hydrogens is 406 g/mol. The van der Waals surface area contributed by atoms with Gasteiger partial charge in [-0.25, -0.2) is 4.39 Å². The number of carbonyl (C=O) groups is 1. The predicted molar refractivity (Wildman–Crippen MR) is 96.1 cm³/mol. The second-order valence-corrected chi connectivity index (χ2v) is 6.73. The van der Waals surface area contributed by atoms with Crippen LogP contribution in [-0.2, 0) is 6.18 Å². The number of halogens is 4. The van der Waals surface area contributed by atoms with E-state index in [0.29, 0.717) is 36.4 Å². The monoisotopic (exact) mass is 421 g/mol. The molecule has 1 atom stereocenters. The largest absolute Gasteiger partial charge is 0.489 e. The van der Waals surface area contributed by atoms with Crippen molar-refractivity contribution < 1.29 is 31.6 Å². The Morgan fingerprint density at radius 1 is 1.10 bits per heavy atom. The van der Waals surface area contributed by atoms with Crippen LogP contribution in [0.4, 0.5) is 17.6 Å². The number of likely N-dealkylation sites (tertiary alicyclic amines) is 1. The van der Waals surface area contributed by atoms with Crippen molar-refractivity contribution in [2.75, 3.05) is 13.1 Å². The van der Waals surface area contributed by atoms with Gasteiger partial charge in [-0.15, -0.1) is 0 Å². The van der Waals surface area contributed by atoms with E-state index in [1.54, 1.807) is 17.0 Å². The van der Waals surface area contributed by atoms with Crippen LogP contribution in [0.15, 0.2) is 53.1 Å². The van der Waals surface area contributed by atoms with Gasteiger partial charge in [0.2, 0.25) is 5.82 Å². The van der Waals surface area contributed by atoms with E-state index in [-0.39, 0.29) is 17.8 Å². The molecule has 1 saturated heterocycles. The molecule has 2 aromatic carbocycles. The number of hydrogen-bond acceptors (Lipinski definition) is 5. The highest BCUT2D eigenvalue weighted by atomic mass is 19.4. The average Bonchev–Trinajstić information content (AvgIpc) is 3.38. The number of nitrogens with zero attached hydrogens (tertiary/aromatic N) is 3. The van der Waals surface area contributed by atoms with E-state index in [0.717, 1.165) is 0 Å². The maximum absolute atomic E-state index is 13.0. The smallest absolute Gasteiger partial charge is 0.471 e. The summed E-state index contributed by atoms with van der Waals surface area (Å²) in [5.41, 5.74) is 0.751. The summed E-state index contributed by atoms with van der Waals surface area (Å²) in [5.74, 6) is -1.69. The summed E-state index contributed by atoms with van der Waals surface area (Å²) in [6, 6.07) is 11.6. The number of benzene rings is 2. The first-order valence-corrected chi connectivity index (χ1v) is 9.02. The minimum Gasteiger partial charge on any atom is -0.489 e. The third kappa shape index (κ3) is 4.27. The Kier molecular flexibility index (Phi) is 5.15. The SMILES string of the molecule is O=C(c1ccc(F)cc1)N1CC[C@@H](Oc2ccc(-c3noc(C(F)(F)F)n3)cc2)C1. The molecule has 0 spiro atoms. The average molecular weight is 421 g/mol. The number of aromatic nitrogens is 2. The molecule has 0 radical (unpaired) electrons. The standard InChI is InChI=1S/C20H15F4N3O3/c21-14-5-1-13(2-6-14)18(28)27-10-9-16(11-27)29-15-7-3-12(4-8-15)17-25-19(30-26-17)20(22,23)24/h1-8,16H,9-11H2/t16-/m1/s1. The van der Waals surface area contributed by atoms with Gasteiger partial charge in [-0.05, 0) is 48.5 Å². The van der Waals surface area contributed by atoms with Crippen molar-refractivity contribution in [2.45, 2.75) is 18.7 Å². The lowest BCUT2D eigenvalue weighted by molar-refractivity contribution is -0.159. The zero-order chi connectivity index (χ0) is 21.3. The van der Waals surface area contributed by atoms with Crippen LogP contribution in [-0.4, -0.2) is 40.1 Å². The molecule has 2 heterocycles. The molecular formula is C20H15F4N3O3. The van der Waals surface area contributed by atoms with Crippen molar-refractivity contribution in [1.29, 1.82) is 0 Å². The zero-order valence-electron chi connectivity index (χ0n) is 15.4. The van der Waals surface area contributed by atoms with Crippen molar-refractivity contribution in [3.05, 3.63) is 65.8 Å². The molecule has 1 aliphatic rings. The molecule has 1 aromatic heterocycles. The van der Waals surface area contributed by atoms with Gasteiger partial charge in [0.05, 0.1) is 6.54 Å². The molecule has 0 aliphatic carbocycles. The molecule has 10 heteroatoms. The molecule has 30 heavy (non-hydrogen) atoms. The molecule has 6 nitrogen and oxygen atoms in total. The molecule has 1 fully saturated rings. The lowest BCUT2D eigenvalue weighted by atomic mass is 10.2. The summed E-state index contributed by atoms with van der Waals surface area (Å²) in [5, 5.41) is 3.33. The van der Waals surface area contributed by atoms with Gasteiger partial charge in [-0.1, -0.05) is 5.16 Å². The third-order valence-electron chi connectivity index (χ3n) is 4.61. The molecule has 0 saturated carbocycles. The maximum Gasteiger partial charge on any atom is 0.471 e. The second kappa shape index (κ2) is 7.77. The van der Waals surface area contributed by atoms with Crippen LogP contribution in [0.1, 0.15) is 22.7 Å². The molecule has 1 amide bonds. The lowest BCUT2D eigenvalue weighted by Crippen LogP contribution is -2.30. The van der Waals surface area contributed by atoms with Gasteiger partial charge in [0.15, 0.2) is 0 Å². The molecule has 0 N–H and O–H groups in total. The maximum atomic E-state index is 13.0. The Hall–Kier alpha value is -3.43. The van der Waals surface area contributed by atoms with Crippen LogP contribution < -0.4 is 4.74 Å². The van der Waals surface area contributed by atoms with E-state index >= 15 is 0 Å². The first-order valence-electron chi connectivity index (χ1n) is 9.02. The summed E-state index contributed by atoms with van der Waals surface area (Å²) < 4.78 is 60.8. The van der Waals surface area contributed by atoms with E-state index in [9.17, 15) is 22.4 Å². The number of amides is 1. The van der Waals surface area contributed by atoms with Crippen LogP contribution in [0.2, 0.25) is 0 Å². The summed E-state index contributed by atoms with van der Waals surface area (Å²) in [7, 11) is 0. The van der Waals surface area contributed by atoms with Gasteiger partial charge in [0, 0.05) is 24.1 Å². The molecule has 0 unspecified atom stereocenters. The Bertz CT molecular complexity index is 1030. The zero-order valence-corrected chi connectivity index (χ0v) is 15.4. The first-order chi connectivity index (χ1) is 14.3. The van der Waals surface area contributed by atoms with Crippen molar-refractivity contribution in [3.63, 3.8) is 0 Å². The van der Waals surface area contributed by atoms with E-state index in [1.165, 1.54) is 36.4 Å².